The molecule has 26 heavy (non-hydrogen) atoms. The maximum atomic E-state index is 5.56. The van der Waals surface area contributed by atoms with E-state index in [1.54, 1.807) is 7.11 Å². The molecule has 2 aromatic carbocycles. The summed E-state index contributed by atoms with van der Waals surface area (Å²) in [6.45, 7) is 8.84. The third kappa shape index (κ3) is 5.99. The Morgan fingerprint density at radius 3 is 2.54 bits per heavy atom. The second kappa shape index (κ2) is 10.3. The molecule has 5 nitrogen and oxygen atoms in total. The van der Waals surface area contributed by atoms with E-state index in [4.69, 9.17) is 9.47 Å². The van der Waals surface area contributed by atoms with Crippen LogP contribution in [-0.4, -0.2) is 26.2 Å². The normalized spacial score (nSPS) is 11.2. The van der Waals surface area contributed by atoms with Crippen LogP contribution in [0.3, 0.4) is 0 Å². The number of aliphatic imine (C=N–C) groups is 1. The van der Waals surface area contributed by atoms with Crippen LogP contribution in [0.25, 0.3) is 0 Å². The highest BCUT2D eigenvalue weighted by Crippen LogP contribution is 2.27. The number of nitrogens with one attached hydrogen (secondary N) is 2. The third-order valence-corrected chi connectivity index (χ3v) is 3.83. The third-order valence-electron chi connectivity index (χ3n) is 3.83. The second-order valence-electron chi connectivity index (χ2n) is 5.96. The molecule has 0 saturated carbocycles. The summed E-state index contributed by atoms with van der Waals surface area (Å²) in [5, 5.41) is 6.65. The molecule has 140 valence electrons. The minimum absolute atomic E-state index is 0.615. The summed E-state index contributed by atoms with van der Waals surface area (Å²) in [7, 11) is 1.66. The number of benzene rings is 2. The molecule has 0 aliphatic rings. The fourth-order valence-electron chi connectivity index (χ4n) is 2.61. The van der Waals surface area contributed by atoms with Crippen LogP contribution in [0, 0.1) is 6.92 Å². The predicted octanol–water partition coefficient (Wildman–Crippen LogP) is 3.66. The van der Waals surface area contributed by atoms with Gasteiger partial charge in [0.15, 0.2) is 17.5 Å². The Bertz CT molecular complexity index is 729. The summed E-state index contributed by atoms with van der Waals surface area (Å²) >= 11 is 0. The van der Waals surface area contributed by atoms with Crippen molar-refractivity contribution in [1.82, 2.24) is 10.6 Å². The summed E-state index contributed by atoms with van der Waals surface area (Å²) in [4.78, 5) is 4.67. The number of rotatable bonds is 8. The number of nitrogens with zero attached hydrogens (tertiary/aromatic N) is 1. The molecule has 0 amide bonds. The average molecular weight is 355 g/mol. The number of hydrogen-bond acceptors (Lipinski definition) is 3. The van der Waals surface area contributed by atoms with Crippen molar-refractivity contribution >= 4 is 5.96 Å². The average Bonchev–Trinajstić information content (AvgIpc) is 2.65. The molecule has 0 heterocycles. The molecule has 0 unspecified atom stereocenters. The monoisotopic (exact) mass is 355 g/mol. The smallest absolute Gasteiger partial charge is 0.191 e. The van der Waals surface area contributed by atoms with Crippen molar-refractivity contribution in [2.24, 2.45) is 4.99 Å². The van der Waals surface area contributed by atoms with Gasteiger partial charge in [-0.1, -0.05) is 35.9 Å². The first-order chi connectivity index (χ1) is 12.7. The summed E-state index contributed by atoms with van der Waals surface area (Å²) in [5.74, 6) is 2.30. The van der Waals surface area contributed by atoms with Gasteiger partial charge in [0.05, 0.1) is 20.3 Å². The van der Waals surface area contributed by atoms with Gasteiger partial charge >= 0.3 is 0 Å². The lowest BCUT2D eigenvalue weighted by Crippen LogP contribution is -2.36. The van der Waals surface area contributed by atoms with E-state index in [1.165, 1.54) is 11.1 Å². The lowest BCUT2D eigenvalue weighted by atomic mass is 10.1. The number of methoxy groups -OCH3 is 1. The van der Waals surface area contributed by atoms with Gasteiger partial charge in [0.2, 0.25) is 0 Å². The predicted molar refractivity (Wildman–Crippen MR) is 107 cm³/mol. The van der Waals surface area contributed by atoms with Crippen LogP contribution < -0.4 is 20.1 Å². The maximum absolute atomic E-state index is 5.56. The Morgan fingerprint density at radius 1 is 1.00 bits per heavy atom. The van der Waals surface area contributed by atoms with Crippen LogP contribution in [0.1, 0.15) is 30.5 Å². The highest BCUT2D eigenvalue weighted by atomic mass is 16.5. The Kier molecular flexibility index (Phi) is 7.80. The first-order valence-corrected chi connectivity index (χ1v) is 9.03. The zero-order valence-corrected chi connectivity index (χ0v) is 16.1. The summed E-state index contributed by atoms with van der Waals surface area (Å²) in [5.41, 5.74) is 3.55. The van der Waals surface area contributed by atoms with Crippen molar-refractivity contribution in [3.05, 3.63) is 59.2 Å². The molecule has 0 aliphatic carbocycles. The van der Waals surface area contributed by atoms with E-state index in [2.05, 4.69) is 53.7 Å². The van der Waals surface area contributed by atoms with Gasteiger partial charge in [-0.2, -0.15) is 0 Å². The van der Waals surface area contributed by atoms with Gasteiger partial charge in [0.25, 0.3) is 0 Å². The summed E-state index contributed by atoms with van der Waals surface area (Å²) < 4.78 is 11.0. The number of hydrogen-bond donors (Lipinski definition) is 2. The van der Waals surface area contributed by atoms with E-state index < -0.39 is 0 Å². The Hall–Kier alpha value is -2.69. The Balaban J connectivity index is 2.02. The van der Waals surface area contributed by atoms with Crippen LogP contribution in [-0.2, 0) is 13.1 Å². The van der Waals surface area contributed by atoms with Gasteiger partial charge in [-0.25, -0.2) is 4.99 Å². The summed E-state index contributed by atoms with van der Waals surface area (Å²) in [6, 6.07) is 14.4. The van der Waals surface area contributed by atoms with Crippen LogP contribution in [0.15, 0.2) is 47.5 Å². The molecule has 0 aromatic heterocycles. The molecular formula is C21H29N3O2. The zero-order valence-electron chi connectivity index (χ0n) is 16.1. The minimum atomic E-state index is 0.615. The standard InChI is InChI=1S/C21H29N3O2/c1-5-22-21(23-14-17-9-7-8-16(3)12-17)24-15-18-10-11-19(26-6-2)20(13-18)25-4/h7-13H,5-6,14-15H2,1-4H3,(H2,22,23,24). The lowest BCUT2D eigenvalue weighted by Gasteiger charge is -2.14. The van der Waals surface area contributed by atoms with Crippen LogP contribution in [0.2, 0.25) is 0 Å². The van der Waals surface area contributed by atoms with E-state index in [-0.39, 0.29) is 0 Å². The fraction of sp³-hybridized carbons (Fsp3) is 0.381. The van der Waals surface area contributed by atoms with Gasteiger partial charge in [-0.15, -0.1) is 0 Å². The van der Waals surface area contributed by atoms with E-state index in [0.717, 1.165) is 29.6 Å². The van der Waals surface area contributed by atoms with Crippen molar-refractivity contribution in [2.75, 3.05) is 20.3 Å². The van der Waals surface area contributed by atoms with Crippen molar-refractivity contribution in [3.63, 3.8) is 0 Å². The van der Waals surface area contributed by atoms with Crippen LogP contribution in [0.5, 0.6) is 11.5 Å². The molecule has 0 atom stereocenters. The Labute approximate surface area is 156 Å². The molecule has 2 N–H and O–H groups in total. The molecule has 0 aliphatic heterocycles. The molecule has 0 bridgehead atoms. The molecule has 2 rings (SSSR count). The SMILES string of the molecule is CCNC(=NCc1cccc(C)c1)NCc1ccc(OCC)c(OC)c1. The van der Waals surface area contributed by atoms with E-state index in [0.29, 0.717) is 19.7 Å². The molecule has 0 fully saturated rings. The van der Waals surface area contributed by atoms with Gasteiger partial charge in [0, 0.05) is 13.1 Å². The van der Waals surface area contributed by atoms with Gasteiger partial charge in [0.1, 0.15) is 0 Å². The molecule has 0 saturated heterocycles. The first-order valence-electron chi connectivity index (χ1n) is 9.03. The van der Waals surface area contributed by atoms with Crippen molar-refractivity contribution in [3.8, 4) is 11.5 Å². The van der Waals surface area contributed by atoms with Crippen LogP contribution in [0.4, 0.5) is 0 Å². The molecular weight excluding hydrogens is 326 g/mol. The van der Waals surface area contributed by atoms with Crippen molar-refractivity contribution in [2.45, 2.75) is 33.9 Å². The maximum Gasteiger partial charge on any atom is 0.191 e. The Morgan fingerprint density at radius 2 is 1.85 bits per heavy atom. The van der Waals surface area contributed by atoms with Crippen molar-refractivity contribution < 1.29 is 9.47 Å². The highest BCUT2D eigenvalue weighted by molar-refractivity contribution is 5.79. The molecule has 5 heteroatoms. The first kappa shape index (κ1) is 19.6. The topological polar surface area (TPSA) is 54.9 Å². The lowest BCUT2D eigenvalue weighted by molar-refractivity contribution is 0.310. The number of ether oxygens (including phenoxy) is 2. The zero-order chi connectivity index (χ0) is 18.8. The summed E-state index contributed by atoms with van der Waals surface area (Å²) in [6.07, 6.45) is 0. The molecule has 0 radical (unpaired) electrons. The van der Waals surface area contributed by atoms with E-state index in [1.807, 2.05) is 25.1 Å². The van der Waals surface area contributed by atoms with Gasteiger partial charge < -0.3 is 20.1 Å². The fourth-order valence-corrected chi connectivity index (χ4v) is 2.61. The quantitative estimate of drug-likeness (QED) is 0.560. The van der Waals surface area contributed by atoms with Crippen molar-refractivity contribution in [1.29, 1.82) is 0 Å². The van der Waals surface area contributed by atoms with Crippen LogP contribution >= 0.6 is 0 Å². The molecule has 2 aromatic rings. The number of guanidine groups is 1. The second-order valence-corrected chi connectivity index (χ2v) is 5.96. The minimum Gasteiger partial charge on any atom is -0.493 e. The highest BCUT2D eigenvalue weighted by Gasteiger charge is 2.06. The van der Waals surface area contributed by atoms with E-state index >= 15 is 0 Å². The van der Waals surface area contributed by atoms with E-state index in [9.17, 15) is 0 Å². The van der Waals surface area contributed by atoms with Gasteiger partial charge in [-0.05, 0) is 44.0 Å². The number of aryl methyl sites for hydroxylation is 1. The molecule has 0 spiro atoms. The van der Waals surface area contributed by atoms with Gasteiger partial charge in [-0.3, -0.25) is 0 Å². The largest absolute Gasteiger partial charge is 0.493 e.